The third-order valence-corrected chi connectivity index (χ3v) is 10.1. The molecule has 3 aliphatic rings. The lowest BCUT2D eigenvalue weighted by Crippen LogP contribution is -2.45. The summed E-state index contributed by atoms with van der Waals surface area (Å²) in [5, 5.41) is 11.6. The molecule has 2 aromatic carbocycles. The normalized spacial score (nSPS) is 22.7. The van der Waals surface area contributed by atoms with Crippen LogP contribution in [-0.4, -0.2) is 93.4 Å². The molecular weight excluding hydrogens is 670 g/mol. The van der Waals surface area contributed by atoms with Gasteiger partial charge in [-0.05, 0) is 61.1 Å². The second kappa shape index (κ2) is 14.3. The van der Waals surface area contributed by atoms with Crippen LogP contribution >= 0.6 is 0 Å². The van der Waals surface area contributed by atoms with Crippen molar-refractivity contribution in [3.05, 3.63) is 84.0 Å². The first-order valence-corrected chi connectivity index (χ1v) is 17.2. The van der Waals surface area contributed by atoms with E-state index in [2.05, 4.69) is 22.5 Å². The van der Waals surface area contributed by atoms with E-state index in [-0.39, 0.29) is 67.1 Å². The number of likely N-dealkylation sites (N-methyl/N-ethyl adjacent to an activating group) is 1. The molecule has 270 valence electrons. The van der Waals surface area contributed by atoms with Crippen molar-refractivity contribution in [1.82, 2.24) is 24.8 Å². The minimum atomic E-state index is -1.05. The number of amides is 1. The highest BCUT2D eigenvalue weighted by Crippen LogP contribution is 2.45. The Hall–Kier alpha value is -5.48. The van der Waals surface area contributed by atoms with Crippen LogP contribution in [0.1, 0.15) is 49.0 Å². The molecule has 2 saturated heterocycles. The number of phenolic OH excluding ortho intramolecular Hbond substituents is 1. The number of anilines is 1. The van der Waals surface area contributed by atoms with Gasteiger partial charge in [0.1, 0.15) is 31.0 Å². The maximum atomic E-state index is 14.9. The maximum Gasteiger partial charge on any atom is 0.322 e. The summed E-state index contributed by atoms with van der Waals surface area (Å²) in [5.41, 5.74) is 0.728. The highest BCUT2D eigenvalue weighted by molar-refractivity contribution is 5.93. The fourth-order valence-electron chi connectivity index (χ4n) is 7.57. The largest absolute Gasteiger partial charge is 0.508 e. The van der Waals surface area contributed by atoms with Gasteiger partial charge in [-0.15, -0.1) is 6.42 Å². The summed E-state index contributed by atoms with van der Waals surface area (Å²) in [6, 6.07) is 9.47. The van der Waals surface area contributed by atoms with E-state index >= 15 is 0 Å². The van der Waals surface area contributed by atoms with Gasteiger partial charge >= 0.3 is 6.01 Å². The number of benzene rings is 2. The fraction of sp³-hybridized carbons (Fsp3) is 0.385. The van der Waals surface area contributed by atoms with E-state index in [4.69, 9.17) is 25.6 Å². The zero-order valence-electron chi connectivity index (χ0n) is 29.1. The predicted octanol–water partition coefficient (Wildman–Crippen LogP) is 5.36. The number of nitrogens with zero attached hydrogens (tertiary/aromatic N) is 6. The number of fused-ring (bicyclic) bond motifs is 2. The number of phenols is 1. The number of aromatic hydroxyl groups is 1. The molecule has 11 nitrogen and oxygen atoms in total. The Kier molecular flexibility index (Phi) is 9.59. The highest BCUT2D eigenvalue weighted by atomic mass is 19.1. The molecule has 1 amide bonds. The Morgan fingerprint density at radius 2 is 2.15 bits per heavy atom. The van der Waals surface area contributed by atoms with Crippen molar-refractivity contribution < 1.29 is 32.9 Å². The van der Waals surface area contributed by atoms with Crippen LogP contribution in [0.25, 0.3) is 10.8 Å². The van der Waals surface area contributed by atoms with Crippen LogP contribution in [0.15, 0.2) is 61.4 Å². The second-order valence-corrected chi connectivity index (χ2v) is 13.8. The molecule has 0 saturated carbocycles. The number of hydrogen-bond acceptors (Lipinski definition) is 10. The summed E-state index contributed by atoms with van der Waals surface area (Å²) in [6.07, 6.45) is 10.5. The number of likely N-dealkylation sites (tertiary alicyclic amines) is 2. The molecular formula is C39H40F2N6O5. The molecule has 5 heterocycles. The monoisotopic (exact) mass is 710 g/mol. The van der Waals surface area contributed by atoms with Crippen molar-refractivity contribution >= 4 is 22.5 Å². The van der Waals surface area contributed by atoms with Crippen molar-refractivity contribution in [2.24, 2.45) is 0 Å². The molecule has 4 aromatic rings. The van der Waals surface area contributed by atoms with Crippen molar-refractivity contribution in [2.45, 2.75) is 56.6 Å². The number of rotatable bonds is 10. The average Bonchev–Trinajstić information content (AvgIpc) is 3.72. The van der Waals surface area contributed by atoms with Crippen LogP contribution in [-0.2, 0) is 11.3 Å². The average molecular weight is 711 g/mol. The van der Waals surface area contributed by atoms with Gasteiger partial charge in [-0.1, -0.05) is 24.6 Å². The molecule has 0 aliphatic carbocycles. The number of carbonyl (C=O) groups excluding carboxylic acids is 1. The van der Waals surface area contributed by atoms with Crippen molar-refractivity contribution in [1.29, 1.82) is 0 Å². The predicted molar refractivity (Wildman–Crippen MR) is 191 cm³/mol. The van der Waals surface area contributed by atoms with E-state index in [1.807, 2.05) is 35.9 Å². The number of alkyl halides is 1. The lowest BCUT2D eigenvalue weighted by molar-refractivity contribution is -0.126. The Labute approximate surface area is 300 Å². The van der Waals surface area contributed by atoms with Gasteiger partial charge in [-0.3, -0.25) is 14.7 Å². The van der Waals surface area contributed by atoms with E-state index in [0.717, 1.165) is 18.4 Å². The number of aromatic nitrogens is 3. The first-order valence-electron chi connectivity index (χ1n) is 17.2. The molecule has 7 rings (SSSR count). The van der Waals surface area contributed by atoms with Gasteiger partial charge in [0, 0.05) is 69.0 Å². The van der Waals surface area contributed by atoms with E-state index < -0.39 is 23.6 Å². The van der Waals surface area contributed by atoms with Gasteiger partial charge in [0.25, 0.3) is 5.88 Å². The Balaban J connectivity index is 1.22. The van der Waals surface area contributed by atoms with E-state index in [0.29, 0.717) is 41.8 Å². The molecule has 2 aromatic heterocycles. The van der Waals surface area contributed by atoms with Crippen LogP contribution in [0, 0.1) is 18.2 Å². The molecule has 0 radical (unpaired) electrons. The van der Waals surface area contributed by atoms with Crippen LogP contribution in [0.5, 0.6) is 23.4 Å². The molecule has 1 unspecified atom stereocenters. The quantitative estimate of drug-likeness (QED) is 0.171. The lowest BCUT2D eigenvalue weighted by Gasteiger charge is -2.35. The maximum absolute atomic E-state index is 14.9. The smallest absolute Gasteiger partial charge is 0.322 e. The first-order chi connectivity index (χ1) is 25.1. The Morgan fingerprint density at radius 1 is 1.31 bits per heavy atom. The standard InChI is InChI=1S/C39H40F2N6O5/c1-5-29-31(41)12-11-25-15-28(48)16-30(34(25)29)32-22-50-35-36(45(4)21-27-10-8-14-47(27)33(49)6-2)43-38(44-37(35)52-32)51-23-39(3)17-26(40)20-46(39)19-24-9-7-13-42-18-24/h1,6-7,9,11-13,15-16,18,26-27,32,48H,2,8,10,14,17,19-23H2,3-4H3/t26-,27+,32?,39+/m1/s1. The summed E-state index contributed by atoms with van der Waals surface area (Å²) in [5.74, 6) is 2.36. The molecule has 52 heavy (non-hydrogen) atoms. The van der Waals surface area contributed by atoms with E-state index in [1.165, 1.54) is 24.3 Å². The highest BCUT2D eigenvalue weighted by Gasteiger charge is 2.43. The van der Waals surface area contributed by atoms with E-state index in [9.17, 15) is 18.7 Å². The number of carbonyl (C=O) groups is 1. The SMILES string of the molecule is C#Cc1c(F)ccc2cc(O)cc(C3COc4c(nc(OC[C@]5(C)C[C@@H](F)CN5Cc5cccnc5)nc4N(C)C[C@@H]4CCCN4C(=O)C=C)O3)c12. The van der Waals surface area contributed by atoms with Gasteiger partial charge in [0.2, 0.25) is 11.7 Å². The number of pyridine rings is 1. The molecule has 1 N–H and O–H groups in total. The topological polar surface area (TPSA) is 113 Å². The summed E-state index contributed by atoms with van der Waals surface area (Å²) in [7, 11) is 1.84. The van der Waals surface area contributed by atoms with Gasteiger partial charge in [0.05, 0.1) is 11.1 Å². The van der Waals surface area contributed by atoms with Crippen LogP contribution in [0.4, 0.5) is 14.6 Å². The zero-order valence-corrected chi connectivity index (χ0v) is 29.1. The second-order valence-electron chi connectivity index (χ2n) is 13.8. The van der Waals surface area contributed by atoms with E-state index in [1.54, 1.807) is 23.4 Å². The summed E-state index contributed by atoms with van der Waals surface area (Å²) in [4.78, 5) is 31.9. The Morgan fingerprint density at radius 3 is 2.92 bits per heavy atom. The molecule has 3 aliphatic heterocycles. The molecule has 2 fully saturated rings. The number of ether oxygens (including phenoxy) is 3. The third-order valence-electron chi connectivity index (χ3n) is 10.1. The third kappa shape index (κ3) is 6.78. The lowest BCUT2D eigenvalue weighted by atomic mass is 9.95. The summed E-state index contributed by atoms with van der Waals surface area (Å²) >= 11 is 0. The number of terminal acetylenes is 1. The fourth-order valence-corrected chi connectivity index (χ4v) is 7.57. The van der Waals surface area contributed by atoms with Crippen LogP contribution in [0.3, 0.4) is 0 Å². The first kappa shape index (κ1) is 34.9. The van der Waals surface area contributed by atoms with Gasteiger partial charge in [0.15, 0.2) is 11.9 Å². The van der Waals surface area contributed by atoms with Gasteiger partial charge in [-0.25, -0.2) is 8.78 Å². The minimum absolute atomic E-state index is 0.0173. The van der Waals surface area contributed by atoms with Crippen molar-refractivity contribution in [2.75, 3.05) is 44.8 Å². The van der Waals surface area contributed by atoms with Crippen molar-refractivity contribution in [3.8, 4) is 35.7 Å². The van der Waals surface area contributed by atoms with Crippen LogP contribution < -0.4 is 19.1 Å². The van der Waals surface area contributed by atoms with Gasteiger partial charge < -0.3 is 29.1 Å². The summed E-state index contributed by atoms with van der Waals surface area (Å²) in [6.45, 7) is 7.44. The Bertz CT molecular complexity index is 2040. The summed E-state index contributed by atoms with van der Waals surface area (Å²) < 4.78 is 48.9. The number of halogens is 2. The molecule has 4 atom stereocenters. The molecule has 13 heteroatoms. The zero-order chi connectivity index (χ0) is 36.6. The van der Waals surface area contributed by atoms with Gasteiger partial charge in [-0.2, -0.15) is 9.97 Å². The molecule has 0 bridgehead atoms. The minimum Gasteiger partial charge on any atom is -0.508 e. The van der Waals surface area contributed by atoms with Crippen molar-refractivity contribution in [3.63, 3.8) is 0 Å². The van der Waals surface area contributed by atoms with Crippen LogP contribution in [0.2, 0.25) is 0 Å². The number of hydrogen-bond donors (Lipinski definition) is 1. The molecule has 0 spiro atoms.